The smallest absolute Gasteiger partial charge is 0.0549 e. The zero-order valence-electron chi connectivity index (χ0n) is 25.1. The number of fused-ring (bicyclic) bond motifs is 8. The first kappa shape index (κ1) is 25.2. The number of aromatic nitrogens is 2. The van der Waals surface area contributed by atoms with E-state index in [1.165, 1.54) is 87.7 Å². The summed E-state index contributed by atoms with van der Waals surface area (Å²) in [5, 5.41) is 10.0. The lowest BCUT2D eigenvalue weighted by atomic mass is 9.97. The van der Waals surface area contributed by atoms with Crippen LogP contribution in [-0.4, -0.2) is 9.13 Å². The molecule has 8 aromatic carbocycles. The molecule has 2 nitrogen and oxygen atoms in total. The summed E-state index contributed by atoms with van der Waals surface area (Å²) in [5.74, 6) is 0. The first-order valence-corrected chi connectivity index (χ1v) is 15.9. The van der Waals surface area contributed by atoms with Crippen LogP contribution in [0.2, 0.25) is 0 Å². The van der Waals surface area contributed by atoms with Gasteiger partial charge in [-0.15, -0.1) is 0 Å². The minimum absolute atomic E-state index is 1.18. The van der Waals surface area contributed by atoms with Crippen molar-refractivity contribution in [1.29, 1.82) is 0 Å². The van der Waals surface area contributed by atoms with Gasteiger partial charge in [0, 0.05) is 32.6 Å². The van der Waals surface area contributed by atoms with E-state index in [-0.39, 0.29) is 0 Å². The summed E-state index contributed by atoms with van der Waals surface area (Å²) in [6.45, 7) is 0. The minimum Gasteiger partial charge on any atom is -0.309 e. The molecule has 0 bridgehead atoms. The first-order valence-electron chi connectivity index (χ1n) is 15.9. The molecule has 10 aromatic rings. The lowest BCUT2D eigenvalue weighted by Crippen LogP contribution is -1.96. The molecule has 46 heavy (non-hydrogen) atoms. The number of hydrogen-bond donors (Lipinski definition) is 0. The molecule has 0 radical (unpaired) electrons. The molecular formula is C44H28N2. The van der Waals surface area contributed by atoms with Crippen LogP contribution in [0, 0.1) is 0 Å². The molecule has 2 aromatic heterocycles. The second kappa shape index (κ2) is 9.69. The average Bonchev–Trinajstić information content (AvgIpc) is 3.62. The summed E-state index contributed by atoms with van der Waals surface area (Å²) >= 11 is 0. The Labute approximate surface area is 266 Å². The van der Waals surface area contributed by atoms with Gasteiger partial charge in [0.05, 0.1) is 27.8 Å². The van der Waals surface area contributed by atoms with Gasteiger partial charge in [-0.1, -0.05) is 127 Å². The van der Waals surface area contributed by atoms with Gasteiger partial charge < -0.3 is 9.13 Å². The van der Waals surface area contributed by atoms with Crippen molar-refractivity contribution in [3.63, 3.8) is 0 Å². The van der Waals surface area contributed by atoms with E-state index in [1.54, 1.807) is 0 Å². The molecule has 10 rings (SSSR count). The summed E-state index contributed by atoms with van der Waals surface area (Å²) in [5.41, 5.74) is 9.72. The summed E-state index contributed by atoms with van der Waals surface area (Å²) in [4.78, 5) is 0. The van der Waals surface area contributed by atoms with Crippen molar-refractivity contribution in [3.8, 4) is 22.5 Å². The number of para-hydroxylation sites is 2. The Balaban J connectivity index is 1.31. The number of hydrogen-bond acceptors (Lipinski definition) is 0. The van der Waals surface area contributed by atoms with Crippen molar-refractivity contribution < 1.29 is 0 Å². The van der Waals surface area contributed by atoms with E-state index in [2.05, 4.69) is 179 Å². The maximum atomic E-state index is 2.48. The van der Waals surface area contributed by atoms with E-state index in [1.807, 2.05) is 0 Å². The quantitative estimate of drug-likeness (QED) is 0.195. The molecule has 2 heterocycles. The fraction of sp³-hybridized carbons (Fsp3) is 0. The lowest BCUT2D eigenvalue weighted by molar-refractivity contribution is 1.18. The van der Waals surface area contributed by atoms with Gasteiger partial charge in [0.15, 0.2) is 0 Å². The highest BCUT2D eigenvalue weighted by molar-refractivity contribution is 6.19. The number of nitrogens with zero attached hydrogens (tertiary/aromatic N) is 2. The Hall–Kier alpha value is -6.12. The molecule has 0 aliphatic heterocycles. The zero-order chi connectivity index (χ0) is 30.2. The van der Waals surface area contributed by atoms with Crippen LogP contribution < -0.4 is 0 Å². The number of rotatable bonds is 3. The molecule has 0 N–H and O–H groups in total. The third kappa shape index (κ3) is 3.59. The Morgan fingerprint density at radius 2 is 0.870 bits per heavy atom. The monoisotopic (exact) mass is 584 g/mol. The highest BCUT2D eigenvalue weighted by Gasteiger charge is 2.20. The Morgan fingerprint density at radius 1 is 0.304 bits per heavy atom. The highest BCUT2D eigenvalue weighted by atomic mass is 15.0. The van der Waals surface area contributed by atoms with Crippen molar-refractivity contribution in [2.24, 2.45) is 0 Å². The molecule has 0 fully saturated rings. The third-order valence-electron chi connectivity index (χ3n) is 9.68. The summed E-state index contributed by atoms with van der Waals surface area (Å²) in [6, 6.07) is 62.0. The second-order valence-corrected chi connectivity index (χ2v) is 12.2. The van der Waals surface area contributed by atoms with Gasteiger partial charge in [0.2, 0.25) is 0 Å². The standard InChI is InChI=1S/C44H28N2/c1-2-13-30(14-3-1)33-24-25-42(35-17-7-6-16-34(33)35)46-41-21-11-9-19-37(41)39-27-43-38(28-44(39)46)36-18-8-10-20-40(36)45(43)32-23-22-29-12-4-5-15-31(29)26-32/h1-28H. The fourth-order valence-electron chi connectivity index (χ4n) is 7.63. The molecular weight excluding hydrogens is 556 g/mol. The molecule has 0 aliphatic carbocycles. The Kier molecular flexibility index (Phi) is 5.31. The van der Waals surface area contributed by atoms with Gasteiger partial charge in [-0.05, 0) is 69.8 Å². The van der Waals surface area contributed by atoms with Gasteiger partial charge in [-0.2, -0.15) is 0 Å². The normalized spacial score (nSPS) is 11.9. The van der Waals surface area contributed by atoms with Crippen molar-refractivity contribution in [2.45, 2.75) is 0 Å². The van der Waals surface area contributed by atoms with Crippen molar-refractivity contribution in [3.05, 3.63) is 170 Å². The maximum Gasteiger partial charge on any atom is 0.0549 e. The molecule has 214 valence electrons. The van der Waals surface area contributed by atoms with Crippen molar-refractivity contribution >= 4 is 65.2 Å². The highest BCUT2D eigenvalue weighted by Crippen LogP contribution is 2.42. The van der Waals surface area contributed by atoms with Crippen molar-refractivity contribution in [2.75, 3.05) is 0 Å². The van der Waals surface area contributed by atoms with Crippen LogP contribution in [0.15, 0.2) is 170 Å². The average molecular weight is 585 g/mol. The van der Waals surface area contributed by atoms with Crippen LogP contribution in [0.3, 0.4) is 0 Å². The summed E-state index contributed by atoms with van der Waals surface area (Å²) in [7, 11) is 0. The first-order chi connectivity index (χ1) is 22.8. The molecule has 0 spiro atoms. The van der Waals surface area contributed by atoms with E-state index in [9.17, 15) is 0 Å². The van der Waals surface area contributed by atoms with Gasteiger partial charge >= 0.3 is 0 Å². The maximum absolute atomic E-state index is 2.48. The van der Waals surface area contributed by atoms with E-state index in [0.29, 0.717) is 0 Å². The second-order valence-electron chi connectivity index (χ2n) is 12.2. The van der Waals surface area contributed by atoms with Crippen LogP contribution in [0.5, 0.6) is 0 Å². The summed E-state index contributed by atoms with van der Waals surface area (Å²) in [6.07, 6.45) is 0. The minimum atomic E-state index is 1.18. The molecule has 0 atom stereocenters. The third-order valence-corrected chi connectivity index (χ3v) is 9.68. The van der Waals surface area contributed by atoms with Crippen LogP contribution >= 0.6 is 0 Å². The SMILES string of the molecule is c1ccc(-c2ccc(-n3c4ccccc4c4cc5c(cc43)c3ccccc3n5-c3ccc4ccccc4c3)c3ccccc23)cc1. The van der Waals surface area contributed by atoms with Gasteiger partial charge in [-0.3, -0.25) is 0 Å². The Bertz CT molecular complexity index is 2800. The predicted octanol–water partition coefficient (Wildman–Crippen LogP) is 11.9. The molecule has 0 saturated heterocycles. The predicted molar refractivity (Wildman–Crippen MR) is 196 cm³/mol. The molecule has 0 unspecified atom stereocenters. The topological polar surface area (TPSA) is 9.86 Å². The van der Waals surface area contributed by atoms with Crippen LogP contribution in [0.1, 0.15) is 0 Å². The van der Waals surface area contributed by atoms with Crippen molar-refractivity contribution in [1.82, 2.24) is 9.13 Å². The summed E-state index contributed by atoms with van der Waals surface area (Å²) < 4.78 is 4.91. The van der Waals surface area contributed by atoms with Crippen LogP contribution in [0.4, 0.5) is 0 Å². The largest absolute Gasteiger partial charge is 0.309 e. The van der Waals surface area contributed by atoms with E-state index in [4.69, 9.17) is 0 Å². The number of benzene rings is 8. The molecule has 0 aliphatic rings. The van der Waals surface area contributed by atoms with Crippen LogP contribution in [0.25, 0.3) is 87.7 Å². The molecule has 0 amide bonds. The zero-order valence-corrected chi connectivity index (χ0v) is 25.1. The van der Waals surface area contributed by atoms with Gasteiger partial charge in [0.25, 0.3) is 0 Å². The van der Waals surface area contributed by atoms with E-state index in [0.717, 1.165) is 0 Å². The molecule has 2 heteroatoms. The van der Waals surface area contributed by atoms with E-state index < -0.39 is 0 Å². The van der Waals surface area contributed by atoms with E-state index >= 15 is 0 Å². The Morgan fingerprint density at radius 3 is 1.61 bits per heavy atom. The molecule has 0 saturated carbocycles. The van der Waals surface area contributed by atoms with Crippen LogP contribution in [-0.2, 0) is 0 Å². The lowest BCUT2D eigenvalue weighted by Gasteiger charge is -2.15. The van der Waals surface area contributed by atoms with Gasteiger partial charge in [0.1, 0.15) is 0 Å². The fourth-order valence-corrected chi connectivity index (χ4v) is 7.63. The van der Waals surface area contributed by atoms with Gasteiger partial charge in [-0.25, -0.2) is 0 Å².